The molecule has 1 atom stereocenters. The van der Waals surface area contributed by atoms with E-state index in [0.717, 1.165) is 6.54 Å². The molecule has 0 radical (unpaired) electrons. The Bertz CT molecular complexity index is 557. The number of rotatable bonds is 4. The van der Waals surface area contributed by atoms with Crippen molar-refractivity contribution in [1.82, 2.24) is 10.0 Å². The van der Waals surface area contributed by atoms with Gasteiger partial charge in [0.25, 0.3) is 0 Å². The SMILES string of the molecule is N#Cc1ccc(S(=O)(=O)NCC2CNCCO2)cc1. The van der Waals surface area contributed by atoms with E-state index < -0.39 is 10.0 Å². The molecule has 6 nitrogen and oxygen atoms in total. The molecule has 19 heavy (non-hydrogen) atoms. The molecule has 0 aromatic heterocycles. The van der Waals surface area contributed by atoms with Crippen LogP contribution in [0.25, 0.3) is 0 Å². The Kier molecular flexibility index (Phi) is 4.50. The minimum Gasteiger partial charge on any atom is -0.374 e. The third kappa shape index (κ3) is 3.75. The largest absolute Gasteiger partial charge is 0.374 e. The van der Waals surface area contributed by atoms with Gasteiger partial charge in [0.05, 0.1) is 29.2 Å². The van der Waals surface area contributed by atoms with Gasteiger partial charge in [-0.3, -0.25) is 0 Å². The average Bonchev–Trinajstić information content (AvgIpc) is 2.46. The number of morpholine rings is 1. The topological polar surface area (TPSA) is 91.2 Å². The molecule has 1 aliphatic heterocycles. The first-order valence-corrected chi connectivity index (χ1v) is 7.42. The maximum absolute atomic E-state index is 12.0. The van der Waals surface area contributed by atoms with E-state index in [-0.39, 0.29) is 17.5 Å². The summed E-state index contributed by atoms with van der Waals surface area (Å²) in [6.45, 7) is 2.24. The van der Waals surface area contributed by atoms with E-state index in [4.69, 9.17) is 10.00 Å². The quantitative estimate of drug-likeness (QED) is 0.799. The lowest BCUT2D eigenvalue weighted by Crippen LogP contribution is -2.45. The number of benzene rings is 1. The number of hydrogen-bond acceptors (Lipinski definition) is 5. The molecule has 102 valence electrons. The Balaban J connectivity index is 1.99. The van der Waals surface area contributed by atoms with Crippen molar-refractivity contribution in [3.8, 4) is 6.07 Å². The number of nitrogens with one attached hydrogen (secondary N) is 2. The van der Waals surface area contributed by atoms with E-state index in [0.29, 0.717) is 18.7 Å². The standard InChI is InChI=1S/C12H15N3O3S/c13-7-10-1-3-12(4-2-10)19(16,17)15-9-11-8-14-5-6-18-11/h1-4,11,14-15H,5-6,8-9H2. The normalized spacial score (nSPS) is 19.8. The molecule has 1 saturated heterocycles. The van der Waals surface area contributed by atoms with Crippen LogP contribution in [0.2, 0.25) is 0 Å². The average molecular weight is 281 g/mol. The van der Waals surface area contributed by atoms with Crippen LogP contribution in [0.5, 0.6) is 0 Å². The summed E-state index contributed by atoms with van der Waals surface area (Å²) >= 11 is 0. The van der Waals surface area contributed by atoms with Crippen molar-refractivity contribution < 1.29 is 13.2 Å². The first kappa shape index (κ1) is 14.0. The highest BCUT2D eigenvalue weighted by molar-refractivity contribution is 7.89. The van der Waals surface area contributed by atoms with Crippen molar-refractivity contribution >= 4 is 10.0 Å². The molecule has 1 fully saturated rings. The lowest BCUT2D eigenvalue weighted by Gasteiger charge is -2.23. The van der Waals surface area contributed by atoms with E-state index in [1.54, 1.807) is 0 Å². The third-order valence-electron chi connectivity index (χ3n) is 2.80. The van der Waals surface area contributed by atoms with Crippen LogP contribution in [0.4, 0.5) is 0 Å². The van der Waals surface area contributed by atoms with Crippen LogP contribution < -0.4 is 10.0 Å². The smallest absolute Gasteiger partial charge is 0.240 e. The lowest BCUT2D eigenvalue weighted by molar-refractivity contribution is 0.0324. The van der Waals surface area contributed by atoms with Crippen molar-refractivity contribution in [2.24, 2.45) is 0 Å². The van der Waals surface area contributed by atoms with Gasteiger partial charge in [0.2, 0.25) is 10.0 Å². The second-order valence-corrected chi connectivity index (χ2v) is 5.95. The van der Waals surface area contributed by atoms with E-state index in [2.05, 4.69) is 10.0 Å². The van der Waals surface area contributed by atoms with Gasteiger partial charge in [-0.15, -0.1) is 0 Å². The molecule has 0 bridgehead atoms. The van der Waals surface area contributed by atoms with Crippen molar-refractivity contribution in [2.75, 3.05) is 26.2 Å². The number of hydrogen-bond donors (Lipinski definition) is 2. The third-order valence-corrected chi connectivity index (χ3v) is 4.24. The van der Waals surface area contributed by atoms with Crippen molar-refractivity contribution in [1.29, 1.82) is 5.26 Å². The van der Waals surface area contributed by atoms with Gasteiger partial charge in [-0.1, -0.05) is 0 Å². The predicted molar refractivity (Wildman–Crippen MR) is 69.0 cm³/mol. The van der Waals surface area contributed by atoms with E-state index in [1.165, 1.54) is 24.3 Å². The van der Waals surface area contributed by atoms with Gasteiger partial charge in [-0.2, -0.15) is 5.26 Å². The Labute approximate surface area is 112 Å². The molecule has 2 N–H and O–H groups in total. The number of nitriles is 1. The second kappa shape index (κ2) is 6.12. The molecule has 1 unspecified atom stereocenters. The molecule has 2 rings (SSSR count). The van der Waals surface area contributed by atoms with Gasteiger partial charge >= 0.3 is 0 Å². The molecule has 0 amide bonds. The van der Waals surface area contributed by atoms with Crippen molar-refractivity contribution in [3.63, 3.8) is 0 Å². The summed E-state index contributed by atoms with van der Waals surface area (Å²) < 4.78 is 31.9. The molecule has 7 heteroatoms. The number of sulfonamides is 1. The number of ether oxygens (including phenoxy) is 1. The van der Waals surface area contributed by atoms with Crippen LogP contribution in [0.3, 0.4) is 0 Å². The molecule has 1 aliphatic rings. The fraction of sp³-hybridized carbons (Fsp3) is 0.417. The fourth-order valence-electron chi connectivity index (χ4n) is 1.75. The monoisotopic (exact) mass is 281 g/mol. The Morgan fingerprint density at radius 3 is 2.74 bits per heavy atom. The van der Waals surface area contributed by atoms with Crippen LogP contribution >= 0.6 is 0 Å². The van der Waals surface area contributed by atoms with Crippen molar-refractivity contribution in [3.05, 3.63) is 29.8 Å². The van der Waals surface area contributed by atoms with Crippen LogP contribution in [0.1, 0.15) is 5.56 Å². The Morgan fingerprint density at radius 2 is 2.16 bits per heavy atom. The molecule has 0 spiro atoms. The van der Waals surface area contributed by atoms with E-state index in [1.807, 2.05) is 6.07 Å². The van der Waals surface area contributed by atoms with Crippen LogP contribution in [-0.4, -0.2) is 40.8 Å². The van der Waals surface area contributed by atoms with Gasteiger partial charge in [0, 0.05) is 19.6 Å². The molecular formula is C12H15N3O3S. The zero-order chi connectivity index (χ0) is 13.7. The van der Waals surface area contributed by atoms with Crippen molar-refractivity contribution in [2.45, 2.75) is 11.0 Å². The fourth-order valence-corrected chi connectivity index (χ4v) is 2.81. The summed E-state index contributed by atoms with van der Waals surface area (Å²) in [5.41, 5.74) is 0.429. The van der Waals surface area contributed by atoms with Crippen LogP contribution in [0, 0.1) is 11.3 Å². The summed E-state index contributed by atoms with van der Waals surface area (Å²) in [5, 5.41) is 11.8. The Morgan fingerprint density at radius 1 is 1.42 bits per heavy atom. The maximum Gasteiger partial charge on any atom is 0.240 e. The van der Waals surface area contributed by atoms with Gasteiger partial charge in [-0.25, -0.2) is 13.1 Å². The van der Waals surface area contributed by atoms with Gasteiger partial charge in [-0.05, 0) is 24.3 Å². The van der Waals surface area contributed by atoms with E-state index >= 15 is 0 Å². The summed E-state index contributed by atoms with van der Waals surface area (Å²) in [5.74, 6) is 0. The molecule has 1 heterocycles. The highest BCUT2D eigenvalue weighted by Crippen LogP contribution is 2.10. The first-order chi connectivity index (χ1) is 9.12. The minimum absolute atomic E-state index is 0.148. The van der Waals surface area contributed by atoms with Crippen LogP contribution in [0.15, 0.2) is 29.2 Å². The van der Waals surface area contributed by atoms with Gasteiger partial charge < -0.3 is 10.1 Å². The molecule has 1 aromatic carbocycles. The minimum atomic E-state index is -3.55. The summed E-state index contributed by atoms with van der Waals surface area (Å²) in [4.78, 5) is 0.148. The first-order valence-electron chi connectivity index (χ1n) is 5.94. The number of nitrogens with zero attached hydrogens (tertiary/aromatic N) is 1. The second-order valence-electron chi connectivity index (χ2n) is 4.19. The summed E-state index contributed by atoms with van der Waals surface area (Å²) in [6, 6.07) is 7.74. The molecular weight excluding hydrogens is 266 g/mol. The lowest BCUT2D eigenvalue weighted by atomic mass is 10.2. The summed E-state index contributed by atoms with van der Waals surface area (Å²) in [7, 11) is -3.55. The highest BCUT2D eigenvalue weighted by atomic mass is 32.2. The van der Waals surface area contributed by atoms with Gasteiger partial charge in [0.1, 0.15) is 0 Å². The highest BCUT2D eigenvalue weighted by Gasteiger charge is 2.18. The maximum atomic E-state index is 12.0. The summed E-state index contributed by atoms with van der Waals surface area (Å²) in [6.07, 6.45) is -0.151. The molecule has 0 aliphatic carbocycles. The molecule has 0 saturated carbocycles. The molecule has 1 aromatic rings. The predicted octanol–water partition coefficient (Wildman–Crippen LogP) is -0.175. The van der Waals surface area contributed by atoms with Gasteiger partial charge in [0.15, 0.2) is 0 Å². The zero-order valence-corrected chi connectivity index (χ0v) is 11.1. The van der Waals surface area contributed by atoms with E-state index in [9.17, 15) is 8.42 Å². The zero-order valence-electron chi connectivity index (χ0n) is 10.3. The Hall–Kier alpha value is -1.46. The van der Waals surface area contributed by atoms with Crippen LogP contribution in [-0.2, 0) is 14.8 Å².